The second-order valence-electron chi connectivity index (χ2n) is 5.40. The molecule has 0 aromatic rings. The third-order valence-electron chi connectivity index (χ3n) is 3.84. The molecule has 0 bridgehead atoms. The summed E-state index contributed by atoms with van der Waals surface area (Å²) >= 11 is 0. The van der Waals surface area contributed by atoms with Gasteiger partial charge in [0.1, 0.15) is 6.04 Å². The van der Waals surface area contributed by atoms with Crippen LogP contribution in [0.1, 0.15) is 40.0 Å². The van der Waals surface area contributed by atoms with E-state index in [1.807, 2.05) is 18.7 Å². The molecule has 1 aliphatic rings. The topological polar surface area (TPSA) is 107 Å². The fraction of sp³-hybridized carbons (Fsp3) is 0.769. The quantitative estimate of drug-likeness (QED) is 0.648. The van der Waals surface area contributed by atoms with Gasteiger partial charge >= 0.3 is 11.9 Å². The molecule has 0 radical (unpaired) electrons. The zero-order valence-corrected chi connectivity index (χ0v) is 12.0. The maximum atomic E-state index is 12.1. The molecule has 7 heteroatoms. The molecule has 0 saturated carbocycles. The minimum absolute atomic E-state index is 0.258. The summed E-state index contributed by atoms with van der Waals surface area (Å²) in [7, 11) is 0. The number of carbonyl (C=O) groups is 3. The zero-order valence-electron chi connectivity index (χ0n) is 12.0. The Labute approximate surface area is 117 Å². The lowest BCUT2D eigenvalue weighted by molar-refractivity contribution is -0.147. The first-order valence-electron chi connectivity index (χ1n) is 6.76. The largest absolute Gasteiger partial charge is 0.481 e. The molecule has 20 heavy (non-hydrogen) atoms. The molecular weight excluding hydrogens is 264 g/mol. The molecule has 1 aliphatic heterocycles. The third kappa shape index (κ3) is 3.93. The molecule has 0 spiro atoms. The number of hydrogen-bond donors (Lipinski definition) is 3. The minimum Gasteiger partial charge on any atom is -0.481 e. The first-order chi connectivity index (χ1) is 9.23. The molecular formula is C13H22N2O5. The second kappa shape index (κ2) is 6.69. The van der Waals surface area contributed by atoms with Gasteiger partial charge in [-0.3, -0.25) is 14.5 Å². The van der Waals surface area contributed by atoms with Gasteiger partial charge in [0.15, 0.2) is 0 Å². The fourth-order valence-electron chi connectivity index (χ4n) is 2.78. The molecule has 1 fully saturated rings. The van der Waals surface area contributed by atoms with Crippen molar-refractivity contribution in [1.29, 1.82) is 0 Å². The van der Waals surface area contributed by atoms with Crippen LogP contribution in [0, 0.1) is 0 Å². The molecule has 4 unspecified atom stereocenters. The van der Waals surface area contributed by atoms with Gasteiger partial charge in [0.2, 0.25) is 5.91 Å². The van der Waals surface area contributed by atoms with E-state index in [0.29, 0.717) is 0 Å². The molecule has 0 aliphatic carbocycles. The van der Waals surface area contributed by atoms with E-state index in [-0.39, 0.29) is 12.1 Å². The SMILES string of the molecule is CC1CCC(C)N1C(C)C(=O)NC(CC(=O)O)C(=O)O. The van der Waals surface area contributed by atoms with E-state index in [9.17, 15) is 14.4 Å². The molecule has 4 atom stereocenters. The van der Waals surface area contributed by atoms with Crippen LogP contribution in [0.25, 0.3) is 0 Å². The standard InChI is InChI=1S/C13H22N2O5/c1-7-4-5-8(2)15(7)9(3)12(18)14-10(13(19)20)6-11(16)17/h7-10H,4-6H2,1-3H3,(H,14,18)(H,16,17)(H,19,20). The van der Waals surface area contributed by atoms with E-state index in [2.05, 4.69) is 5.32 Å². The van der Waals surface area contributed by atoms with Crippen LogP contribution in [0.2, 0.25) is 0 Å². The van der Waals surface area contributed by atoms with E-state index in [4.69, 9.17) is 10.2 Å². The average Bonchev–Trinajstić information content (AvgIpc) is 2.66. The van der Waals surface area contributed by atoms with Crippen LogP contribution in [-0.4, -0.2) is 57.1 Å². The van der Waals surface area contributed by atoms with Crippen molar-refractivity contribution in [1.82, 2.24) is 10.2 Å². The summed E-state index contributed by atoms with van der Waals surface area (Å²) in [4.78, 5) is 35.7. The van der Waals surface area contributed by atoms with Crippen LogP contribution in [0.4, 0.5) is 0 Å². The van der Waals surface area contributed by atoms with Crippen LogP contribution in [-0.2, 0) is 14.4 Å². The Morgan fingerprint density at radius 1 is 1.20 bits per heavy atom. The zero-order chi connectivity index (χ0) is 15.4. The van der Waals surface area contributed by atoms with Gasteiger partial charge in [0.05, 0.1) is 12.5 Å². The van der Waals surface area contributed by atoms with Crippen molar-refractivity contribution in [2.24, 2.45) is 0 Å². The maximum absolute atomic E-state index is 12.1. The van der Waals surface area contributed by atoms with Crippen molar-refractivity contribution in [3.8, 4) is 0 Å². The number of hydrogen-bond acceptors (Lipinski definition) is 4. The van der Waals surface area contributed by atoms with Gasteiger partial charge in [-0.2, -0.15) is 0 Å². The van der Waals surface area contributed by atoms with Crippen molar-refractivity contribution in [2.45, 2.75) is 64.2 Å². The van der Waals surface area contributed by atoms with Crippen LogP contribution >= 0.6 is 0 Å². The number of carboxylic acid groups (broad SMARTS) is 2. The highest BCUT2D eigenvalue weighted by Crippen LogP contribution is 2.25. The van der Waals surface area contributed by atoms with E-state index in [1.165, 1.54) is 0 Å². The molecule has 1 amide bonds. The lowest BCUT2D eigenvalue weighted by Gasteiger charge is -2.32. The van der Waals surface area contributed by atoms with Crippen LogP contribution < -0.4 is 5.32 Å². The molecule has 0 aromatic heterocycles. The minimum atomic E-state index is -1.39. The molecule has 1 rings (SSSR count). The van der Waals surface area contributed by atoms with Gasteiger partial charge in [-0.25, -0.2) is 4.79 Å². The first-order valence-corrected chi connectivity index (χ1v) is 6.76. The molecule has 1 heterocycles. The third-order valence-corrected chi connectivity index (χ3v) is 3.84. The Morgan fingerprint density at radius 3 is 2.10 bits per heavy atom. The Morgan fingerprint density at radius 2 is 1.70 bits per heavy atom. The number of rotatable bonds is 6. The highest BCUT2D eigenvalue weighted by Gasteiger charge is 2.35. The lowest BCUT2D eigenvalue weighted by atomic mass is 10.1. The van der Waals surface area contributed by atoms with Crippen LogP contribution in [0.15, 0.2) is 0 Å². The number of aliphatic carboxylic acids is 2. The molecule has 114 valence electrons. The second-order valence-corrected chi connectivity index (χ2v) is 5.40. The number of carbonyl (C=O) groups excluding carboxylic acids is 1. The molecule has 7 nitrogen and oxygen atoms in total. The molecule has 3 N–H and O–H groups in total. The summed E-state index contributed by atoms with van der Waals surface area (Å²) in [5.41, 5.74) is 0. The highest BCUT2D eigenvalue weighted by molar-refractivity contribution is 5.89. The smallest absolute Gasteiger partial charge is 0.326 e. The number of nitrogens with zero attached hydrogens (tertiary/aromatic N) is 1. The summed E-state index contributed by atoms with van der Waals surface area (Å²) in [5.74, 6) is -3.04. The predicted molar refractivity (Wildman–Crippen MR) is 71.3 cm³/mol. The Bertz CT molecular complexity index is 388. The summed E-state index contributed by atoms with van der Waals surface area (Å²) < 4.78 is 0. The van der Waals surface area contributed by atoms with E-state index < -0.39 is 36.4 Å². The summed E-state index contributed by atoms with van der Waals surface area (Å²) in [6.07, 6.45) is 1.37. The van der Waals surface area contributed by atoms with Crippen molar-refractivity contribution in [3.63, 3.8) is 0 Å². The predicted octanol–water partition coefficient (Wildman–Crippen LogP) is 0.292. The number of carboxylic acids is 2. The van der Waals surface area contributed by atoms with Gasteiger partial charge in [0, 0.05) is 12.1 Å². The Hall–Kier alpha value is -1.63. The van der Waals surface area contributed by atoms with E-state index in [1.54, 1.807) is 6.92 Å². The summed E-state index contributed by atoms with van der Waals surface area (Å²) in [6.45, 7) is 5.77. The maximum Gasteiger partial charge on any atom is 0.326 e. The monoisotopic (exact) mass is 286 g/mol. The summed E-state index contributed by atoms with van der Waals surface area (Å²) in [5, 5.41) is 19.9. The van der Waals surface area contributed by atoms with Gasteiger partial charge < -0.3 is 15.5 Å². The van der Waals surface area contributed by atoms with Gasteiger partial charge in [-0.1, -0.05) is 0 Å². The Kier molecular flexibility index (Phi) is 5.50. The lowest BCUT2D eigenvalue weighted by Crippen LogP contribution is -2.53. The number of likely N-dealkylation sites (tertiary alicyclic amines) is 1. The van der Waals surface area contributed by atoms with Crippen molar-refractivity contribution < 1.29 is 24.6 Å². The normalized spacial score (nSPS) is 25.9. The molecule has 0 aromatic carbocycles. The Balaban J connectivity index is 2.68. The molecule has 1 saturated heterocycles. The van der Waals surface area contributed by atoms with Crippen LogP contribution in [0.5, 0.6) is 0 Å². The van der Waals surface area contributed by atoms with Crippen LogP contribution in [0.3, 0.4) is 0 Å². The number of nitrogens with one attached hydrogen (secondary N) is 1. The van der Waals surface area contributed by atoms with E-state index >= 15 is 0 Å². The van der Waals surface area contributed by atoms with Gasteiger partial charge in [0.25, 0.3) is 0 Å². The summed E-state index contributed by atoms with van der Waals surface area (Å²) in [6, 6.07) is -1.35. The van der Waals surface area contributed by atoms with Gasteiger partial charge in [-0.15, -0.1) is 0 Å². The van der Waals surface area contributed by atoms with Crippen molar-refractivity contribution >= 4 is 17.8 Å². The van der Waals surface area contributed by atoms with Gasteiger partial charge in [-0.05, 0) is 33.6 Å². The first kappa shape index (κ1) is 16.4. The number of amides is 1. The average molecular weight is 286 g/mol. The van der Waals surface area contributed by atoms with Crippen molar-refractivity contribution in [3.05, 3.63) is 0 Å². The fourth-order valence-corrected chi connectivity index (χ4v) is 2.78. The highest BCUT2D eigenvalue weighted by atomic mass is 16.4. The van der Waals surface area contributed by atoms with E-state index in [0.717, 1.165) is 12.8 Å². The van der Waals surface area contributed by atoms with Crippen molar-refractivity contribution in [2.75, 3.05) is 0 Å².